The quantitative estimate of drug-likeness (QED) is 0.350. The number of rotatable bonds is 8. The molecule has 0 heterocycles. The van der Waals surface area contributed by atoms with Crippen molar-refractivity contribution < 1.29 is 19.1 Å². The van der Waals surface area contributed by atoms with E-state index in [0.717, 1.165) is 11.3 Å². The summed E-state index contributed by atoms with van der Waals surface area (Å²) in [6.07, 6.45) is 1.92. The second-order valence-corrected chi connectivity index (χ2v) is 6.22. The Bertz CT molecular complexity index is 964. The normalized spacial score (nSPS) is 10.1. The standard InChI is InChI=1S/C24H21NO4/c1-2-23(26)25-17-16-18-8-12-22(13-9-18)29-24(27)19-10-14-21(15-11-19)28-20-6-4-3-5-7-20/h2-15H,1,16-17H2,(H,25,26). The number of para-hydroxylation sites is 1. The Morgan fingerprint density at radius 2 is 1.45 bits per heavy atom. The van der Waals surface area contributed by atoms with Crippen molar-refractivity contribution in [2.24, 2.45) is 0 Å². The lowest BCUT2D eigenvalue weighted by Crippen LogP contribution is -2.23. The molecule has 0 saturated heterocycles. The first-order valence-electron chi connectivity index (χ1n) is 9.18. The summed E-state index contributed by atoms with van der Waals surface area (Å²) in [6.45, 7) is 3.92. The van der Waals surface area contributed by atoms with Gasteiger partial charge in [0.05, 0.1) is 5.56 Å². The lowest BCUT2D eigenvalue weighted by Gasteiger charge is -2.08. The number of esters is 1. The summed E-state index contributed by atoms with van der Waals surface area (Å²) in [5.74, 6) is 1.18. The molecule has 0 aromatic heterocycles. The number of carbonyl (C=O) groups is 2. The second kappa shape index (κ2) is 9.90. The molecule has 5 nitrogen and oxygen atoms in total. The molecular formula is C24H21NO4. The predicted octanol–water partition coefficient (Wildman–Crippen LogP) is 4.54. The molecule has 1 amide bonds. The Hall–Kier alpha value is -3.86. The van der Waals surface area contributed by atoms with Crippen LogP contribution in [-0.4, -0.2) is 18.4 Å². The zero-order valence-corrected chi connectivity index (χ0v) is 15.8. The third-order valence-electron chi connectivity index (χ3n) is 4.10. The van der Waals surface area contributed by atoms with Crippen molar-refractivity contribution in [1.82, 2.24) is 5.32 Å². The van der Waals surface area contributed by atoms with Crippen molar-refractivity contribution in [2.45, 2.75) is 6.42 Å². The Morgan fingerprint density at radius 3 is 2.10 bits per heavy atom. The molecule has 0 unspecified atom stereocenters. The van der Waals surface area contributed by atoms with Crippen LogP contribution in [-0.2, 0) is 11.2 Å². The topological polar surface area (TPSA) is 64.6 Å². The van der Waals surface area contributed by atoms with Crippen LogP contribution in [0.2, 0.25) is 0 Å². The van der Waals surface area contributed by atoms with E-state index in [1.54, 1.807) is 36.4 Å². The summed E-state index contributed by atoms with van der Waals surface area (Å²) in [5, 5.41) is 2.72. The number of amides is 1. The van der Waals surface area contributed by atoms with Gasteiger partial charge < -0.3 is 14.8 Å². The van der Waals surface area contributed by atoms with Crippen LogP contribution in [0.3, 0.4) is 0 Å². The highest BCUT2D eigenvalue weighted by Crippen LogP contribution is 2.22. The van der Waals surface area contributed by atoms with Gasteiger partial charge >= 0.3 is 5.97 Å². The molecular weight excluding hydrogens is 366 g/mol. The Morgan fingerprint density at radius 1 is 0.828 bits per heavy atom. The lowest BCUT2D eigenvalue weighted by atomic mass is 10.1. The molecule has 3 rings (SSSR count). The van der Waals surface area contributed by atoms with E-state index in [1.165, 1.54) is 6.08 Å². The fourth-order valence-electron chi connectivity index (χ4n) is 2.58. The van der Waals surface area contributed by atoms with Crippen LogP contribution in [0, 0.1) is 0 Å². The highest BCUT2D eigenvalue weighted by Gasteiger charge is 2.09. The molecule has 5 heteroatoms. The van der Waals surface area contributed by atoms with Crippen molar-refractivity contribution in [3.8, 4) is 17.2 Å². The smallest absolute Gasteiger partial charge is 0.343 e. The van der Waals surface area contributed by atoms with Crippen molar-refractivity contribution in [3.05, 3.63) is 103 Å². The Labute approximate surface area is 169 Å². The van der Waals surface area contributed by atoms with Crippen LogP contribution in [0.1, 0.15) is 15.9 Å². The van der Waals surface area contributed by atoms with Crippen molar-refractivity contribution in [1.29, 1.82) is 0 Å². The van der Waals surface area contributed by atoms with Crippen LogP contribution in [0.15, 0.2) is 91.5 Å². The molecule has 0 aliphatic heterocycles. The first kappa shape index (κ1) is 19.9. The van der Waals surface area contributed by atoms with Gasteiger partial charge in [0.2, 0.25) is 5.91 Å². The average molecular weight is 387 g/mol. The van der Waals surface area contributed by atoms with Crippen LogP contribution >= 0.6 is 0 Å². The summed E-state index contributed by atoms with van der Waals surface area (Å²) < 4.78 is 11.1. The van der Waals surface area contributed by atoms with E-state index in [-0.39, 0.29) is 5.91 Å². The molecule has 0 bridgehead atoms. The first-order chi connectivity index (χ1) is 14.1. The number of hydrogen-bond donors (Lipinski definition) is 1. The van der Waals surface area contributed by atoms with E-state index in [1.807, 2.05) is 42.5 Å². The van der Waals surface area contributed by atoms with Crippen LogP contribution in [0.4, 0.5) is 0 Å². The summed E-state index contributed by atoms with van der Waals surface area (Å²) >= 11 is 0. The molecule has 3 aromatic carbocycles. The molecule has 0 aliphatic rings. The minimum atomic E-state index is -0.442. The van der Waals surface area contributed by atoms with Gasteiger partial charge in [0.15, 0.2) is 0 Å². The zero-order chi connectivity index (χ0) is 20.5. The van der Waals surface area contributed by atoms with Gasteiger partial charge in [0.25, 0.3) is 0 Å². The van der Waals surface area contributed by atoms with E-state index >= 15 is 0 Å². The lowest BCUT2D eigenvalue weighted by molar-refractivity contribution is -0.116. The average Bonchev–Trinajstić information content (AvgIpc) is 2.76. The van der Waals surface area contributed by atoms with Crippen LogP contribution in [0.5, 0.6) is 17.2 Å². The van der Waals surface area contributed by atoms with Crippen LogP contribution < -0.4 is 14.8 Å². The molecule has 29 heavy (non-hydrogen) atoms. The van der Waals surface area contributed by atoms with Gasteiger partial charge in [-0.3, -0.25) is 4.79 Å². The van der Waals surface area contributed by atoms with E-state index in [9.17, 15) is 9.59 Å². The number of benzene rings is 3. The maximum atomic E-state index is 12.3. The second-order valence-electron chi connectivity index (χ2n) is 6.22. The molecule has 1 N–H and O–H groups in total. The summed E-state index contributed by atoms with van der Waals surface area (Å²) in [5.41, 5.74) is 1.46. The number of nitrogens with one attached hydrogen (secondary N) is 1. The number of carbonyl (C=O) groups excluding carboxylic acids is 2. The highest BCUT2D eigenvalue weighted by molar-refractivity contribution is 5.91. The van der Waals surface area contributed by atoms with E-state index in [0.29, 0.717) is 30.0 Å². The molecule has 146 valence electrons. The van der Waals surface area contributed by atoms with Gasteiger partial charge in [-0.15, -0.1) is 0 Å². The minimum absolute atomic E-state index is 0.198. The maximum absolute atomic E-state index is 12.3. The third-order valence-corrected chi connectivity index (χ3v) is 4.10. The van der Waals surface area contributed by atoms with E-state index < -0.39 is 5.97 Å². The van der Waals surface area contributed by atoms with E-state index in [4.69, 9.17) is 9.47 Å². The van der Waals surface area contributed by atoms with Gasteiger partial charge in [-0.25, -0.2) is 4.79 Å². The maximum Gasteiger partial charge on any atom is 0.343 e. The molecule has 0 atom stereocenters. The molecule has 0 spiro atoms. The van der Waals surface area contributed by atoms with Gasteiger partial charge in [-0.05, 0) is 66.6 Å². The molecule has 0 radical (unpaired) electrons. The number of hydrogen-bond acceptors (Lipinski definition) is 4. The largest absolute Gasteiger partial charge is 0.457 e. The molecule has 0 fully saturated rings. The Balaban J connectivity index is 1.53. The zero-order valence-electron chi connectivity index (χ0n) is 15.8. The highest BCUT2D eigenvalue weighted by atomic mass is 16.5. The molecule has 3 aromatic rings. The van der Waals surface area contributed by atoms with Gasteiger partial charge in [0.1, 0.15) is 17.2 Å². The van der Waals surface area contributed by atoms with Crippen molar-refractivity contribution in [2.75, 3.05) is 6.54 Å². The fraction of sp³-hybridized carbons (Fsp3) is 0.0833. The fourth-order valence-corrected chi connectivity index (χ4v) is 2.58. The summed E-state index contributed by atoms with van der Waals surface area (Å²) in [6, 6.07) is 23.4. The predicted molar refractivity (Wildman–Crippen MR) is 111 cm³/mol. The van der Waals surface area contributed by atoms with Gasteiger partial charge in [-0.1, -0.05) is 36.9 Å². The van der Waals surface area contributed by atoms with Gasteiger partial charge in [0, 0.05) is 6.54 Å². The summed E-state index contributed by atoms with van der Waals surface area (Å²) in [4.78, 5) is 23.5. The van der Waals surface area contributed by atoms with Crippen LogP contribution in [0.25, 0.3) is 0 Å². The number of ether oxygens (including phenoxy) is 2. The summed E-state index contributed by atoms with van der Waals surface area (Å²) in [7, 11) is 0. The first-order valence-corrected chi connectivity index (χ1v) is 9.18. The molecule has 0 saturated carbocycles. The monoisotopic (exact) mass is 387 g/mol. The van der Waals surface area contributed by atoms with E-state index in [2.05, 4.69) is 11.9 Å². The SMILES string of the molecule is C=CC(=O)NCCc1ccc(OC(=O)c2ccc(Oc3ccccc3)cc2)cc1. The van der Waals surface area contributed by atoms with Crippen molar-refractivity contribution >= 4 is 11.9 Å². The molecule has 0 aliphatic carbocycles. The minimum Gasteiger partial charge on any atom is -0.457 e. The third kappa shape index (κ3) is 6.07. The van der Waals surface area contributed by atoms with Gasteiger partial charge in [-0.2, -0.15) is 0 Å². The Kier molecular flexibility index (Phi) is 6.79. The van der Waals surface area contributed by atoms with Crippen molar-refractivity contribution in [3.63, 3.8) is 0 Å².